The van der Waals surface area contributed by atoms with E-state index in [9.17, 15) is 0 Å². The van der Waals surface area contributed by atoms with E-state index < -0.39 is 0 Å². The summed E-state index contributed by atoms with van der Waals surface area (Å²) < 4.78 is 7.11. The van der Waals surface area contributed by atoms with Crippen LogP contribution in [0.5, 0.6) is 5.88 Å². The lowest BCUT2D eigenvalue weighted by Crippen LogP contribution is -2.02. The first-order valence-corrected chi connectivity index (χ1v) is 5.03. The van der Waals surface area contributed by atoms with Gasteiger partial charge in [-0.3, -0.25) is 0 Å². The van der Waals surface area contributed by atoms with Crippen molar-refractivity contribution in [2.45, 2.75) is 26.2 Å². The molecule has 4 nitrogen and oxygen atoms in total. The molecule has 0 radical (unpaired) electrons. The summed E-state index contributed by atoms with van der Waals surface area (Å²) in [6, 6.07) is 0. The van der Waals surface area contributed by atoms with Gasteiger partial charge < -0.3 is 10.5 Å². The summed E-state index contributed by atoms with van der Waals surface area (Å²) in [6.45, 7) is 2.81. The van der Waals surface area contributed by atoms with Gasteiger partial charge in [-0.05, 0) is 25.8 Å². The van der Waals surface area contributed by atoms with Gasteiger partial charge in [-0.25, -0.2) is 4.68 Å². The van der Waals surface area contributed by atoms with Crippen LogP contribution in [0.3, 0.4) is 0 Å². The van der Waals surface area contributed by atoms with Gasteiger partial charge in [0.25, 0.3) is 0 Å². The maximum absolute atomic E-state index is 5.50. The SMILES string of the molecule is CCc1nn(C)c(OC)c1CCCN. The van der Waals surface area contributed by atoms with Crippen molar-refractivity contribution in [1.82, 2.24) is 9.78 Å². The molecule has 0 aliphatic rings. The van der Waals surface area contributed by atoms with E-state index in [2.05, 4.69) is 12.0 Å². The molecule has 0 atom stereocenters. The first-order chi connectivity index (χ1) is 6.74. The van der Waals surface area contributed by atoms with Gasteiger partial charge in [-0.1, -0.05) is 6.92 Å². The van der Waals surface area contributed by atoms with Gasteiger partial charge in [0.05, 0.1) is 12.8 Å². The molecule has 1 aromatic heterocycles. The number of aromatic nitrogens is 2. The second-order valence-electron chi connectivity index (χ2n) is 3.30. The topological polar surface area (TPSA) is 53.1 Å². The van der Waals surface area contributed by atoms with Gasteiger partial charge >= 0.3 is 0 Å². The minimum atomic E-state index is 0.710. The highest BCUT2D eigenvalue weighted by atomic mass is 16.5. The van der Waals surface area contributed by atoms with Gasteiger partial charge in [-0.2, -0.15) is 5.10 Å². The number of methoxy groups -OCH3 is 1. The van der Waals surface area contributed by atoms with E-state index in [4.69, 9.17) is 10.5 Å². The number of hydrogen-bond acceptors (Lipinski definition) is 3. The van der Waals surface area contributed by atoms with Gasteiger partial charge in [0.2, 0.25) is 5.88 Å². The lowest BCUT2D eigenvalue weighted by Gasteiger charge is -2.04. The van der Waals surface area contributed by atoms with Gasteiger partial charge in [0.15, 0.2) is 0 Å². The normalized spacial score (nSPS) is 10.6. The third kappa shape index (κ3) is 2.07. The van der Waals surface area contributed by atoms with Gasteiger partial charge in [0, 0.05) is 12.6 Å². The molecule has 0 amide bonds. The minimum absolute atomic E-state index is 0.710. The summed E-state index contributed by atoms with van der Waals surface area (Å²) in [5.41, 5.74) is 7.83. The van der Waals surface area contributed by atoms with E-state index >= 15 is 0 Å². The maximum atomic E-state index is 5.50. The third-order valence-electron chi connectivity index (χ3n) is 2.33. The molecule has 14 heavy (non-hydrogen) atoms. The molecule has 2 N–H and O–H groups in total. The largest absolute Gasteiger partial charge is 0.481 e. The van der Waals surface area contributed by atoms with Gasteiger partial charge in [-0.15, -0.1) is 0 Å². The van der Waals surface area contributed by atoms with Crippen LogP contribution in [0.4, 0.5) is 0 Å². The number of ether oxygens (including phenoxy) is 1. The Morgan fingerprint density at radius 3 is 2.71 bits per heavy atom. The Labute approximate surface area is 85.0 Å². The fourth-order valence-electron chi connectivity index (χ4n) is 1.68. The fourth-order valence-corrected chi connectivity index (χ4v) is 1.68. The van der Waals surface area contributed by atoms with E-state index in [-0.39, 0.29) is 0 Å². The second-order valence-corrected chi connectivity index (χ2v) is 3.30. The van der Waals surface area contributed by atoms with Crippen molar-refractivity contribution in [2.75, 3.05) is 13.7 Å². The summed E-state index contributed by atoms with van der Waals surface area (Å²) in [7, 11) is 3.59. The number of nitrogens with zero attached hydrogens (tertiary/aromatic N) is 2. The molecule has 0 saturated heterocycles. The fraction of sp³-hybridized carbons (Fsp3) is 0.700. The highest BCUT2D eigenvalue weighted by Gasteiger charge is 2.14. The third-order valence-corrected chi connectivity index (χ3v) is 2.33. The summed E-state index contributed by atoms with van der Waals surface area (Å²) in [5.74, 6) is 0.871. The summed E-state index contributed by atoms with van der Waals surface area (Å²) in [4.78, 5) is 0. The average Bonchev–Trinajstić information content (AvgIpc) is 2.50. The van der Waals surface area contributed by atoms with E-state index in [1.807, 2.05) is 7.05 Å². The Balaban J connectivity index is 2.95. The first-order valence-electron chi connectivity index (χ1n) is 5.03. The molecule has 0 fully saturated rings. The van der Waals surface area contributed by atoms with Crippen LogP contribution in [0.1, 0.15) is 24.6 Å². The van der Waals surface area contributed by atoms with E-state index in [1.165, 1.54) is 5.56 Å². The molecule has 0 bridgehead atoms. The number of hydrogen-bond donors (Lipinski definition) is 1. The molecule has 0 aliphatic carbocycles. The molecular formula is C10H19N3O. The van der Waals surface area contributed by atoms with E-state index in [0.717, 1.165) is 30.8 Å². The van der Waals surface area contributed by atoms with Crippen LogP contribution in [0, 0.1) is 0 Å². The van der Waals surface area contributed by atoms with Crippen LogP contribution < -0.4 is 10.5 Å². The number of nitrogens with two attached hydrogens (primary N) is 1. The maximum Gasteiger partial charge on any atom is 0.214 e. The lowest BCUT2D eigenvalue weighted by molar-refractivity contribution is 0.369. The van der Waals surface area contributed by atoms with Crippen LogP contribution in [0.15, 0.2) is 0 Å². The molecule has 4 heteroatoms. The molecule has 0 aliphatic heterocycles. The lowest BCUT2D eigenvalue weighted by atomic mass is 10.1. The molecule has 80 valence electrons. The van der Waals surface area contributed by atoms with Crippen molar-refractivity contribution in [3.8, 4) is 5.88 Å². The van der Waals surface area contributed by atoms with Crippen molar-refractivity contribution in [2.24, 2.45) is 12.8 Å². The van der Waals surface area contributed by atoms with Crippen molar-refractivity contribution in [3.05, 3.63) is 11.3 Å². The van der Waals surface area contributed by atoms with Crippen LogP contribution in [-0.4, -0.2) is 23.4 Å². The standard InChI is InChI=1S/C10H19N3O/c1-4-9-8(6-5-7-11)10(14-3)13(2)12-9/h4-7,11H2,1-3H3. The molecule has 1 heterocycles. The molecule has 0 saturated carbocycles. The predicted octanol–water partition coefficient (Wildman–Crippen LogP) is 0.882. The molecule has 0 unspecified atom stereocenters. The zero-order valence-electron chi connectivity index (χ0n) is 9.21. The summed E-state index contributed by atoms with van der Waals surface area (Å²) >= 11 is 0. The number of rotatable bonds is 5. The molecular weight excluding hydrogens is 178 g/mol. The van der Waals surface area contributed by atoms with Crippen molar-refractivity contribution < 1.29 is 4.74 Å². The minimum Gasteiger partial charge on any atom is -0.481 e. The summed E-state index contributed by atoms with van der Waals surface area (Å²) in [6.07, 6.45) is 2.88. The van der Waals surface area contributed by atoms with Gasteiger partial charge in [0.1, 0.15) is 0 Å². The zero-order valence-corrected chi connectivity index (χ0v) is 9.21. The molecule has 1 rings (SSSR count). The molecule has 1 aromatic rings. The number of aryl methyl sites for hydroxylation is 2. The van der Waals surface area contributed by atoms with E-state index in [0.29, 0.717) is 6.54 Å². The monoisotopic (exact) mass is 197 g/mol. The Hall–Kier alpha value is -1.03. The highest BCUT2D eigenvalue weighted by Crippen LogP contribution is 2.23. The van der Waals surface area contributed by atoms with E-state index in [1.54, 1.807) is 11.8 Å². The zero-order chi connectivity index (χ0) is 10.6. The Bertz CT molecular complexity index is 294. The van der Waals surface area contributed by atoms with Crippen LogP contribution in [-0.2, 0) is 19.9 Å². The van der Waals surface area contributed by atoms with Crippen molar-refractivity contribution >= 4 is 0 Å². The molecule has 0 spiro atoms. The van der Waals surface area contributed by atoms with Crippen LogP contribution >= 0.6 is 0 Å². The summed E-state index contributed by atoms with van der Waals surface area (Å²) in [5, 5.41) is 4.40. The second kappa shape index (κ2) is 5.00. The van der Waals surface area contributed by atoms with Crippen LogP contribution in [0.2, 0.25) is 0 Å². The average molecular weight is 197 g/mol. The van der Waals surface area contributed by atoms with Crippen molar-refractivity contribution in [3.63, 3.8) is 0 Å². The quantitative estimate of drug-likeness (QED) is 0.762. The highest BCUT2D eigenvalue weighted by molar-refractivity contribution is 5.31. The Morgan fingerprint density at radius 2 is 2.21 bits per heavy atom. The van der Waals surface area contributed by atoms with Crippen molar-refractivity contribution in [1.29, 1.82) is 0 Å². The Kier molecular flexibility index (Phi) is 3.95. The van der Waals surface area contributed by atoms with Crippen LogP contribution in [0.25, 0.3) is 0 Å². The Morgan fingerprint density at radius 1 is 1.50 bits per heavy atom. The smallest absolute Gasteiger partial charge is 0.214 e. The first kappa shape index (κ1) is 11.0. The predicted molar refractivity (Wildman–Crippen MR) is 56.5 cm³/mol. The molecule has 0 aromatic carbocycles.